The number of rotatable bonds is 4. The van der Waals surface area contributed by atoms with Crippen molar-refractivity contribution in [3.05, 3.63) is 41.6 Å². The number of hydrogen-bond donors (Lipinski definition) is 2. The first-order valence-electron chi connectivity index (χ1n) is 10.5. The quantitative estimate of drug-likeness (QED) is 0.643. The van der Waals surface area contributed by atoms with Gasteiger partial charge < -0.3 is 15.1 Å². The fourth-order valence-electron chi connectivity index (χ4n) is 4.64. The molecule has 2 atom stereocenters. The zero-order valence-corrected chi connectivity index (χ0v) is 17.6. The van der Waals surface area contributed by atoms with E-state index in [1.807, 2.05) is 4.90 Å². The van der Waals surface area contributed by atoms with E-state index in [9.17, 15) is 9.18 Å². The molecule has 0 aliphatic carbocycles. The molecule has 3 aromatic rings. The van der Waals surface area contributed by atoms with E-state index in [0.29, 0.717) is 29.3 Å². The third kappa shape index (κ3) is 4.01. The first kappa shape index (κ1) is 20.0. The number of hydrogen-bond acceptors (Lipinski definition) is 6. The Labute approximate surface area is 183 Å². The van der Waals surface area contributed by atoms with E-state index in [4.69, 9.17) is 11.6 Å². The summed E-state index contributed by atoms with van der Waals surface area (Å²) in [6.45, 7) is 2.31. The second-order valence-electron chi connectivity index (χ2n) is 8.10. The van der Waals surface area contributed by atoms with Crippen molar-refractivity contribution >= 4 is 40.0 Å². The SMILES string of the molecule is O=C1C(Nc2cc(F)cc(Cl)c2)CCCN1C1CCCN(c2ncnc3[nH]ncc23)C1. The highest BCUT2D eigenvalue weighted by Crippen LogP contribution is 2.28. The minimum absolute atomic E-state index is 0.0506. The third-order valence-electron chi connectivity index (χ3n) is 6.04. The lowest BCUT2D eigenvalue weighted by molar-refractivity contribution is -0.137. The van der Waals surface area contributed by atoms with Gasteiger partial charge in [0.05, 0.1) is 11.6 Å². The average molecular weight is 444 g/mol. The van der Waals surface area contributed by atoms with Crippen molar-refractivity contribution in [1.29, 1.82) is 0 Å². The van der Waals surface area contributed by atoms with Crippen LogP contribution in [0, 0.1) is 5.82 Å². The zero-order valence-electron chi connectivity index (χ0n) is 16.9. The van der Waals surface area contributed by atoms with E-state index in [0.717, 1.165) is 43.6 Å². The van der Waals surface area contributed by atoms with Crippen LogP contribution in [0.25, 0.3) is 11.0 Å². The van der Waals surface area contributed by atoms with E-state index < -0.39 is 5.82 Å². The number of anilines is 2. The Morgan fingerprint density at radius 1 is 1.16 bits per heavy atom. The second kappa shape index (κ2) is 8.30. The molecule has 2 fully saturated rings. The van der Waals surface area contributed by atoms with Crippen molar-refractivity contribution in [2.75, 3.05) is 29.9 Å². The molecule has 4 heterocycles. The Balaban J connectivity index is 1.32. The predicted molar refractivity (Wildman–Crippen MR) is 117 cm³/mol. The van der Waals surface area contributed by atoms with E-state index >= 15 is 0 Å². The highest BCUT2D eigenvalue weighted by molar-refractivity contribution is 6.30. The standard InChI is InChI=1S/C21H23ClFN7O/c22-13-7-14(23)9-15(8-13)27-18-4-2-6-30(21(18)31)16-3-1-5-29(11-16)20-17-10-26-28-19(17)24-12-25-20/h7-10,12,16,18,27H,1-6,11H2,(H,24,25,26,28). The van der Waals surface area contributed by atoms with E-state index in [1.54, 1.807) is 12.3 Å². The first-order chi connectivity index (χ1) is 15.1. The maximum absolute atomic E-state index is 13.7. The van der Waals surface area contributed by atoms with Gasteiger partial charge in [0.2, 0.25) is 5.91 Å². The van der Waals surface area contributed by atoms with Gasteiger partial charge in [0.1, 0.15) is 24.0 Å². The lowest BCUT2D eigenvalue weighted by atomic mass is 9.97. The number of halogens is 2. The summed E-state index contributed by atoms with van der Waals surface area (Å²) in [5.41, 5.74) is 1.23. The largest absolute Gasteiger partial charge is 0.374 e. The molecule has 2 unspecified atom stereocenters. The third-order valence-corrected chi connectivity index (χ3v) is 6.26. The van der Waals surface area contributed by atoms with Gasteiger partial charge in [-0.05, 0) is 43.9 Å². The van der Waals surface area contributed by atoms with E-state index in [2.05, 4.69) is 30.4 Å². The maximum Gasteiger partial charge on any atom is 0.245 e. The van der Waals surface area contributed by atoms with Crippen molar-refractivity contribution in [3.63, 3.8) is 0 Å². The topological polar surface area (TPSA) is 90.0 Å². The Hall–Kier alpha value is -2.94. The minimum Gasteiger partial charge on any atom is -0.374 e. The van der Waals surface area contributed by atoms with Gasteiger partial charge in [0.15, 0.2) is 5.65 Å². The summed E-state index contributed by atoms with van der Waals surface area (Å²) in [6.07, 6.45) is 6.79. The van der Waals surface area contributed by atoms with Crippen LogP contribution >= 0.6 is 11.6 Å². The van der Waals surface area contributed by atoms with Crippen molar-refractivity contribution in [2.45, 2.75) is 37.8 Å². The second-order valence-corrected chi connectivity index (χ2v) is 8.54. The molecule has 10 heteroatoms. The molecule has 0 bridgehead atoms. The number of likely N-dealkylation sites (tertiary alicyclic amines) is 1. The van der Waals surface area contributed by atoms with Gasteiger partial charge in [0, 0.05) is 36.4 Å². The molecule has 2 aliphatic rings. The van der Waals surface area contributed by atoms with Gasteiger partial charge in [-0.15, -0.1) is 0 Å². The normalized spacial score (nSPS) is 22.2. The van der Waals surface area contributed by atoms with Gasteiger partial charge in [-0.1, -0.05) is 11.6 Å². The number of carbonyl (C=O) groups is 1. The first-order valence-corrected chi connectivity index (χ1v) is 10.9. The Bertz CT molecular complexity index is 1090. The van der Waals surface area contributed by atoms with Gasteiger partial charge in [0.25, 0.3) is 0 Å². The van der Waals surface area contributed by atoms with Crippen LogP contribution in [0.4, 0.5) is 15.9 Å². The Kier molecular flexibility index (Phi) is 5.35. The smallest absolute Gasteiger partial charge is 0.245 e. The van der Waals surface area contributed by atoms with Gasteiger partial charge in [-0.25, -0.2) is 14.4 Å². The fraction of sp³-hybridized carbons (Fsp3) is 0.429. The molecule has 1 amide bonds. The molecule has 0 radical (unpaired) electrons. The molecule has 162 valence electrons. The van der Waals surface area contributed by atoms with Gasteiger partial charge in [-0.2, -0.15) is 5.10 Å². The van der Waals surface area contributed by atoms with E-state index in [1.165, 1.54) is 18.5 Å². The van der Waals surface area contributed by atoms with Crippen LogP contribution in [0.3, 0.4) is 0 Å². The maximum atomic E-state index is 13.7. The average Bonchev–Trinajstić information content (AvgIpc) is 3.24. The van der Waals surface area contributed by atoms with Crippen molar-refractivity contribution in [2.24, 2.45) is 0 Å². The zero-order chi connectivity index (χ0) is 21.4. The number of aromatic amines is 1. The molecule has 2 aliphatic heterocycles. The number of benzene rings is 1. The fourth-order valence-corrected chi connectivity index (χ4v) is 4.86. The Morgan fingerprint density at radius 2 is 2.03 bits per heavy atom. The number of nitrogens with zero attached hydrogens (tertiary/aromatic N) is 5. The molecule has 5 rings (SSSR count). The molecule has 2 aromatic heterocycles. The molecule has 2 N–H and O–H groups in total. The molecular formula is C21H23ClFN7O. The molecule has 1 aromatic carbocycles. The summed E-state index contributed by atoms with van der Waals surface area (Å²) in [5.74, 6) is 0.472. The minimum atomic E-state index is -0.423. The van der Waals surface area contributed by atoms with Crippen molar-refractivity contribution in [3.8, 4) is 0 Å². The van der Waals surface area contributed by atoms with Crippen LogP contribution in [0.1, 0.15) is 25.7 Å². The number of aromatic nitrogens is 4. The number of carbonyl (C=O) groups excluding carboxylic acids is 1. The van der Waals surface area contributed by atoms with Crippen molar-refractivity contribution in [1.82, 2.24) is 25.1 Å². The molecule has 0 saturated carbocycles. The highest BCUT2D eigenvalue weighted by Gasteiger charge is 2.35. The van der Waals surface area contributed by atoms with Crippen LogP contribution in [-0.4, -0.2) is 62.7 Å². The van der Waals surface area contributed by atoms with Crippen LogP contribution in [-0.2, 0) is 4.79 Å². The predicted octanol–water partition coefficient (Wildman–Crippen LogP) is 3.22. The summed E-state index contributed by atoms with van der Waals surface area (Å²) in [5, 5.41) is 11.3. The number of fused-ring (bicyclic) bond motifs is 1. The number of H-pyrrole nitrogens is 1. The number of nitrogens with one attached hydrogen (secondary N) is 2. The van der Waals surface area contributed by atoms with Gasteiger partial charge >= 0.3 is 0 Å². The monoisotopic (exact) mass is 443 g/mol. The summed E-state index contributed by atoms with van der Waals surface area (Å²) < 4.78 is 13.7. The summed E-state index contributed by atoms with van der Waals surface area (Å²) in [6, 6.07) is 3.97. The van der Waals surface area contributed by atoms with Crippen LogP contribution in [0.2, 0.25) is 5.02 Å². The summed E-state index contributed by atoms with van der Waals surface area (Å²) in [4.78, 5) is 26.2. The molecule has 8 nitrogen and oxygen atoms in total. The molecule has 31 heavy (non-hydrogen) atoms. The number of piperidine rings is 2. The lowest BCUT2D eigenvalue weighted by Crippen LogP contribution is -2.56. The van der Waals surface area contributed by atoms with Crippen LogP contribution in [0.15, 0.2) is 30.7 Å². The lowest BCUT2D eigenvalue weighted by Gasteiger charge is -2.43. The van der Waals surface area contributed by atoms with Gasteiger partial charge in [-0.3, -0.25) is 9.89 Å². The highest BCUT2D eigenvalue weighted by atomic mass is 35.5. The van der Waals surface area contributed by atoms with Crippen molar-refractivity contribution < 1.29 is 9.18 Å². The van der Waals surface area contributed by atoms with Crippen LogP contribution in [0.5, 0.6) is 0 Å². The Morgan fingerprint density at radius 3 is 2.90 bits per heavy atom. The van der Waals surface area contributed by atoms with Crippen LogP contribution < -0.4 is 10.2 Å². The molecule has 0 spiro atoms. The molecule has 2 saturated heterocycles. The summed E-state index contributed by atoms with van der Waals surface area (Å²) in [7, 11) is 0. The summed E-state index contributed by atoms with van der Waals surface area (Å²) >= 11 is 5.96. The number of amides is 1. The van der Waals surface area contributed by atoms with E-state index in [-0.39, 0.29) is 18.0 Å². The molecular weight excluding hydrogens is 421 g/mol.